The highest BCUT2D eigenvalue weighted by Gasteiger charge is 2.24. The summed E-state index contributed by atoms with van der Waals surface area (Å²) >= 11 is 6.14. The third-order valence-corrected chi connectivity index (χ3v) is 4.57. The number of nitro groups is 1. The normalized spacial score (nSPS) is 21.0. The average molecular weight is 312 g/mol. The van der Waals surface area contributed by atoms with Gasteiger partial charge in [-0.3, -0.25) is 10.1 Å². The fourth-order valence-corrected chi connectivity index (χ4v) is 3.06. The van der Waals surface area contributed by atoms with E-state index >= 15 is 0 Å². The van der Waals surface area contributed by atoms with Gasteiger partial charge in [0.1, 0.15) is 0 Å². The highest BCUT2D eigenvalue weighted by Crippen LogP contribution is 2.29. The van der Waals surface area contributed by atoms with E-state index in [0.29, 0.717) is 16.6 Å². The Hall–Kier alpha value is -1.33. The molecule has 5 nitrogen and oxygen atoms in total. The number of benzene rings is 1. The molecular formula is C15H22ClN3O2. The molecule has 0 amide bonds. The molecule has 21 heavy (non-hydrogen) atoms. The molecule has 1 heterocycles. The van der Waals surface area contributed by atoms with Gasteiger partial charge in [-0.05, 0) is 44.8 Å². The number of anilines is 1. The van der Waals surface area contributed by atoms with Crippen LogP contribution >= 0.6 is 11.6 Å². The molecule has 1 N–H and O–H groups in total. The van der Waals surface area contributed by atoms with E-state index in [0.717, 1.165) is 19.6 Å². The molecule has 116 valence electrons. The zero-order valence-electron chi connectivity index (χ0n) is 12.5. The zero-order chi connectivity index (χ0) is 15.4. The molecule has 1 saturated heterocycles. The summed E-state index contributed by atoms with van der Waals surface area (Å²) < 4.78 is 0. The van der Waals surface area contributed by atoms with Crippen LogP contribution in [0.1, 0.15) is 26.7 Å². The lowest BCUT2D eigenvalue weighted by molar-refractivity contribution is -0.384. The second-order valence-corrected chi connectivity index (χ2v) is 6.06. The van der Waals surface area contributed by atoms with E-state index in [9.17, 15) is 10.1 Å². The van der Waals surface area contributed by atoms with E-state index in [4.69, 9.17) is 11.6 Å². The molecule has 2 unspecified atom stereocenters. The highest BCUT2D eigenvalue weighted by atomic mass is 35.5. The summed E-state index contributed by atoms with van der Waals surface area (Å²) in [4.78, 5) is 12.9. The molecule has 1 aromatic carbocycles. The molecule has 0 saturated carbocycles. The van der Waals surface area contributed by atoms with Gasteiger partial charge in [-0.15, -0.1) is 0 Å². The molecule has 0 spiro atoms. The van der Waals surface area contributed by atoms with Crippen LogP contribution in [-0.2, 0) is 0 Å². The van der Waals surface area contributed by atoms with Crippen molar-refractivity contribution < 1.29 is 4.92 Å². The van der Waals surface area contributed by atoms with Crippen molar-refractivity contribution in [1.82, 2.24) is 4.90 Å². The van der Waals surface area contributed by atoms with Crippen LogP contribution in [0.3, 0.4) is 0 Å². The molecule has 0 aliphatic carbocycles. The van der Waals surface area contributed by atoms with Gasteiger partial charge < -0.3 is 10.2 Å². The van der Waals surface area contributed by atoms with Crippen LogP contribution in [0.2, 0.25) is 5.02 Å². The Bertz CT molecular complexity index is 510. The lowest BCUT2D eigenvalue weighted by atomic mass is 9.91. The largest absolute Gasteiger partial charge is 0.381 e. The summed E-state index contributed by atoms with van der Waals surface area (Å²) in [6.45, 7) is 7.60. The minimum atomic E-state index is -0.397. The van der Waals surface area contributed by atoms with Crippen molar-refractivity contribution in [2.45, 2.75) is 32.7 Å². The topological polar surface area (TPSA) is 58.4 Å². The maximum atomic E-state index is 10.9. The van der Waals surface area contributed by atoms with E-state index in [-0.39, 0.29) is 11.7 Å². The van der Waals surface area contributed by atoms with Gasteiger partial charge in [0.05, 0.1) is 15.6 Å². The Labute approximate surface area is 130 Å². The van der Waals surface area contributed by atoms with Crippen molar-refractivity contribution in [3.8, 4) is 0 Å². The molecule has 1 aliphatic rings. The summed E-state index contributed by atoms with van der Waals surface area (Å²) in [5.74, 6) is 0.536. The second kappa shape index (κ2) is 7.09. The first-order valence-corrected chi connectivity index (χ1v) is 7.82. The third-order valence-electron chi connectivity index (χ3n) is 4.24. The van der Waals surface area contributed by atoms with E-state index in [2.05, 4.69) is 24.1 Å². The van der Waals surface area contributed by atoms with E-state index in [1.807, 2.05) is 0 Å². The Balaban J connectivity index is 2.06. The van der Waals surface area contributed by atoms with Crippen molar-refractivity contribution in [1.29, 1.82) is 0 Å². The standard InChI is InChI=1S/C15H22ClN3O2/c1-3-18-8-4-5-12(10-18)11(2)17-15-9-13(19(20)21)6-7-14(15)16/h6-7,9,11-12,17H,3-5,8,10H2,1-2H3. The maximum absolute atomic E-state index is 10.9. The Kier molecular flexibility index (Phi) is 5.42. The first-order chi connectivity index (χ1) is 10.0. The maximum Gasteiger partial charge on any atom is 0.271 e. The predicted octanol–water partition coefficient (Wildman–Crippen LogP) is 3.78. The number of likely N-dealkylation sites (tertiary alicyclic amines) is 1. The van der Waals surface area contributed by atoms with Gasteiger partial charge in [0.2, 0.25) is 0 Å². The van der Waals surface area contributed by atoms with E-state index in [1.165, 1.54) is 25.0 Å². The molecule has 2 rings (SSSR count). The number of nitrogens with zero attached hydrogens (tertiary/aromatic N) is 2. The highest BCUT2D eigenvalue weighted by molar-refractivity contribution is 6.33. The molecular weight excluding hydrogens is 290 g/mol. The zero-order valence-corrected chi connectivity index (χ0v) is 13.3. The Morgan fingerprint density at radius 3 is 3.00 bits per heavy atom. The molecule has 1 aromatic rings. The smallest absolute Gasteiger partial charge is 0.271 e. The monoisotopic (exact) mass is 311 g/mol. The van der Waals surface area contributed by atoms with Crippen LogP contribution < -0.4 is 5.32 Å². The van der Waals surface area contributed by atoms with Crippen molar-refractivity contribution in [3.05, 3.63) is 33.3 Å². The molecule has 0 radical (unpaired) electrons. The van der Waals surface area contributed by atoms with E-state index in [1.54, 1.807) is 6.07 Å². The van der Waals surface area contributed by atoms with Crippen molar-refractivity contribution in [2.24, 2.45) is 5.92 Å². The number of non-ortho nitro benzene ring substituents is 1. The molecule has 6 heteroatoms. The lowest BCUT2D eigenvalue weighted by Crippen LogP contribution is -2.41. The Morgan fingerprint density at radius 2 is 2.33 bits per heavy atom. The molecule has 2 atom stereocenters. The molecule has 1 fully saturated rings. The van der Waals surface area contributed by atoms with Crippen molar-refractivity contribution in [2.75, 3.05) is 25.0 Å². The predicted molar refractivity (Wildman–Crippen MR) is 86.0 cm³/mol. The SMILES string of the molecule is CCN1CCCC(C(C)Nc2cc([N+](=O)[O-])ccc2Cl)C1. The summed E-state index contributed by atoms with van der Waals surface area (Å²) in [6.07, 6.45) is 2.38. The fraction of sp³-hybridized carbons (Fsp3) is 0.600. The number of nitro benzene ring substituents is 1. The lowest BCUT2D eigenvalue weighted by Gasteiger charge is -2.35. The molecule has 0 bridgehead atoms. The number of hydrogen-bond donors (Lipinski definition) is 1. The van der Waals surface area contributed by atoms with Crippen LogP contribution in [-0.4, -0.2) is 35.5 Å². The average Bonchev–Trinajstić information content (AvgIpc) is 2.49. The summed E-state index contributed by atoms with van der Waals surface area (Å²) in [7, 11) is 0. The quantitative estimate of drug-likeness (QED) is 0.664. The van der Waals surface area contributed by atoms with Gasteiger partial charge in [-0.1, -0.05) is 18.5 Å². The van der Waals surface area contributed by atoms with Gasteiger partial charge in [-0.25, -0.2) is 0 Å². The van der Waals surface area contributed by atoms with Gasteiger partial charge in [-0.2, -0.15) is 0 Å². The van der Waals surface area contributed by atoms with Crippen LogP contribution in [0, 0.1) is 16.0 Å². The number of halogens is 1. The third kappa shape index (κ3) is 4.08. The minimum Gasteiger partial charge on any atom is -0.381 e. The molecule has 1 aliphatic heterocycles. The number of piperidine rings is 1. The minimum absolute atomic E-state index is 0.0629. The Morgan fingerprint density at radius 1 is 1.57 bits per heavy atom. The van der Waals surface area contributed by atoms with Crippen molar-refractivity contribution >= 4 is 23.0 Å². The second-order valence-electron chi connectivity index (χ2n) is 5.65. The summed E-state index contributed by atoms with van der Waals surface area (Å²) in [6, 6.07) is 4.75. The fourth-order valence-electron chi connectivity index (χ4n) is 2.89. The number of rotatable bonds is 5. The van der Waals surface area contributed by atoms with Gasteiger partial charge in [0.25, 0.3) is 5.69 Å². The van der Waals surface area contributed by atoms with Crippen molar-refractivity contribution in [3.63, 3.8) is 0 Å². The van der Waals surface area contributed by atoms with Gasteiger partial charge in [0.15, 0.2) is 0 Å². The van der Waals surface area contributed by atoms with Gasteiger partial charge in [0, 0.05) is 24.7 Å². The number of nitrogens with one attached hydrogen (secondary N) is 1. The number of hydrogen-bond acceptors (Lipinski definition) is 4. The van der Waals surface area contributed by atoms with Crippen LogP contribution in [0.5, 0.6) is 0 Å². The van der Waals surface area contributed by atoms with Crippen LogP contribution in [0.25, 0.3) is 0 Å². The first-order valence-electron chi connectivity index (χ1n) is 7.44. The summed E-state index contributed by atoms with van der Waals surface area (Å²) in [5, 5.41) is 14.7. The van der Waals surface area contributed by atoms with Crippen LogP contribution in [0.4, 0.5) is 11.4 Å². The van der Waals surface area contributed by atoms with Gasteiger partial charge >= 0.3 is 0 Å². The van der Waals surface area contributed by atoms with Crippen LogP contribution in [0.15, 0.2) is 18.2 Å². The molecule has 0 aromatic heterocycles. The summed E-state index contributed by atoms with van der Waals surface area (Å²) in [5.41, 5.74) is 0.708. The first kappa shape index (κ1) is 16.0. The van der Waals surface area contributed by atoms with E-state index < -0.39 is 4.92 Å².